The average Bonchev–Trinajstić information content (AvgIpc) is 2.89. The highest BCUT2D eigenvalue weighted by Crippen LogP contribution is 2.20. The van der Waals surface area contributed by atoms with Crippen molar-refractivity contribution < 1.29 is 14.3 Å². The highest BCUT2D eigenvalue weighted by atomic mass is 16.5. The molecule has 0 radical (unpaired) electrons. The number of aromatic nitrogens is 3. The van der Waals surface area contributed by atoms with E-state index in [-0.39, 0.29) is 6.42 Å². The molecular formula is C16H21N5O3. The molecule has 1 aromatic carbocycles. The topological polar surface area (TPSA) is 112 Å². The minimum Gasteiger partial charge on any atom is -0.453 e. The number of carbonyl (C=O) groups is 2. The smallest absolute Gasteiger partial charge is 0.407 e. The number of amides is 2. The Hall–Kier alpha value is -2.90. The molecule has 0 aliphatic heterocycles. The summed E-state index contributed by atoms with van der Waals surface area (Å²) in [4.78, 5) is 27.0. The number of methoxy groups -OCH3 is 1. The van der Waals surface area contributed by atoms with Crippen molar-refractivity contribution in [3.63, 3.8) is 0 Å². The first-order chi connectivity index (χ1) is 11.3. The van der Waals surface area contributed by atoms with E-state index in [2.05, 4.69) is 20.1 Å². The number of nitrogens with two attached hydrogens (primary N) is 1. The van der Waals surface area contributed by atoms with Crippen LogP contribution in [0.5, 0.6) is 0 Å². The molecule has 1 unspecified atom stereocenters. The summed E-state index contributed by atoms with van der Waals surface area (Å²) >= 11 is 0. The number of aryl methyl sites for hydroxylation is 2. The summed E-state index contributed by atoms with van der Waals surface area (Å²) in [7, 11) is 1.29. The van der Waals surface area contributed by atoms with Gasteiger partial charge in [-0.3, -0.25) is 4.79 Å². The van der Waals surface area contributed by atoms with Gasteiger partial charge in [0.05, 0.1) is 25.3 Å². The van der Waals surface area contributed by atoms with E-state index in [0.29, 0.717) is 11.6 Å². The van der Waals surface area contributed by atoms with Crippen LogP contribution in [0.4, 0.5) is 4.79 Å². The van der Waals surface area contributed by atoms with E-state index in [1.54, 1.807) is 11.6 Å². The van der Waals surface area contributed by atoms with Crippen molar-refractivity contribution in [3.8, 4) is 5.69 Å². The zero-order chi connectivity index (χ0) is 17.9. The first kappa shape index (κ1) is 17.5. The van der Waals surface area contributed by atoms with Crippen LogP contribution in [-0.2, 0) is 16.0 Å². The average molecular weight is 331 g/mol. The number of alkyl carbamates (subject to hydrolysis) is 1. The van der Waals surface area contributed by atoms with Gasteiger partial charge in [0.25, 0.3) is 0 Å². The standard InChI is InChI=1S/C16H21N5O3/c1-9-5-6-12(10(2)7-9)21-15(11(3)18-16(23)24-4)19-14(20-21)8-13(17)22/h5-7,11H,8H2,1-4H3,(H2,17,22)(H,18,23). The van der Waals surface area contributed by atoms with Gasteiger partial charge in [0.2, 0.25) is 5.91 Å². The minimum atomic E-state index is -0.575. The first-order valence-electron chi connectivity index (χ1n) is 7.48. The third-order valence-electron chi connectivity index (χ3n) is 3.50. The SMILES string of the molecule is COC(=O)NC(C)c1nc(CC(N)=O)nn1-c1ccc(C)cc1C. The van der Waals surface area contributed by atoms with Gasteiger partial charge < -0.3 is 15.8 Å². The van der Waals surface area contributed by atoms with Gasteiger partial charge in [0.15, 0.2) is 11.6 Å². The molecule has 0 saturated heterocycles. The highest BCUT2D eigenvalue weighted by Gasteiger charge is 2.21. The zero-order valence-electron chi connectivity index (χ0n) is 14.2. The lowest BCUT2D eigenvalue weighted by molar-refractivity contribution is -0.117. The van der Waals surface area contributed by atoms with Crippen molar-refractivity contribution in [1.29, 1.82) is 0 Å². The van der Waals surface area contributed by atoms with E-state index in [1.165, 1.54) is 7.11 Å². The summed E-state index contributed by atoms with van der Waals surface area (Å²) in [6.45, 7) is 5.72. The number of nitrogens with one attached hydrogen (secondary N) is 1. The van der Waals surface area contributed by atoms with Gasteiger partial charge in [-0.2, -0.15) is 5.10 Å². The fourth-order valence-electron chi connectivity index (χ4n) is 2.40. The Balaban J connectivity index is 2.49. The molecule has 0 bridgehead atoms. The molecular weight excluding hydrogens is 310 g/mol. The molecule has 2 rings (SSSR count). The Kier molecular flexibility index (Phi) is 5.18. The molecule has 0 fully saturated rings. The van der Waals surface area contributed by atoms with Crippen LogP contribution in [0.1, 0.15) is 35.7 Å². The molecule has 0 aliphatic carbocycles. The lowest BCUT2D eigenvalue weighted by atomic mass is 10.1. The molecule has 0 saturated carbocycles. The molecule has 1 atom stereocenters. The van der Waals surface area contributed by atoms with Gasteiger partial charge in [-0.25, -0.2) is 14.5 Å². The predicted octanol–water partition coefficient (Wildman–Crippen LogP) is 1.33. The second kappa shape index (κ2) is 7.12. The second-order valence-electron chi connectivity index (χ2n) is 5.59. The number of primary amides is 1. The van der Waals surface area contributed by atoms with E-state index in [1.807, 2.05) is 32.0 Å². The third kappa shape index (κ3) is 3.89. The maximum atomic E-state index is 11.5. The first-order valence-corrected chi connectivity index (χ1v) is 7.48. The Morgan fingerprint density at radius 3 is 2.67 bits per heavy atom. The molecule has 128 valence electrons. The Bertz CT molecular complexity index is 769. The van der Waals surface area contributed by atoms with Crippen LogP contribution < -0.4 is 11.1 Å². The van der Waals surface area contributed by atoms with Gasteiger partial charge in [-0.1, -0.05) is 17.7 Å². The van der Waals surface area contributed by atoms with Crippen molar-refractivity contribution in [2.75, 3.05) is 7.11 Å². The second-order valence-corrected chi connectivity index (χ2v) is 5.59. The molecule has 0 spiro atoms. The van der Waals surface area contributed by atoms with Crippen molar-refractivity contribution in [2.45, 2.75) is 33.2 Å². The van der Waals surface area contributed by atoms with Gasteiger partial charge in [0.1, 0.15) is 0 Å². The Morgan fingerprint density at radius 2 is 2.08 bits per heavy atom. The number of ether oxygens (including phenoxy) is 1. The van der Waals surface area contributed by atoms with E-state index < -0.39 is 18.0 Å². The Morgan fingerprint density at radius 1 is 1.38 bits per heavy atom. The number of hydrogen-bond acceptors (Lipinski definition) is 5. The summed E-state index contributed by atoms with van der Waals surface area (Å²) in [5.74, 6) is 0.271. The van der Waals surface area contributed by atoms with Crippen LogP contribution in [0.15, 0.2) is 18.2 Å². The van der Waals surface area contributed by atoms with Crippen LogP contribution in [0.25, 0.3) is 5.69 Å². The normalized spacial score (nSPS) is 11.8. The van der Waals surface area contributed by atoms with Crippen LogP contribution in [0.3, 0.4) is 0 Å². The highest BCUT2D eigenvalue weighted by molar-refractivity contribution is 5.75. The van der Waals surface area contributed by atoms with E-state index >= 15 is 0 Å². The summed E-state index contributed by atoms with van der Waals surface area (Å²) in [6, 6.07) is 5.43. The van der Waals surface area contributed by atoms with Crippen molar-refractivity contribution in [3.05, 3.63) is 41.0 Å². The van der Waals surface area contributed by atoms with Crippen LogP contribution >= 0.6 is 0 Å². The van der Waals surface area contributed by atoms with Gasteiger partial charge in [-0.05, 0) is 32.4 Å². The molecule has 2 amide bonds. The fourth-order valence-corrected chi connectivity index (χ4v) is 2.40. The summed E-state index contributed by atoms with van der Waals surface area (Å²) in [5.41, 5.74) is 8.17. The molecule has 8 nitrogen and oxygen atoms in total. The quantitative estimate of drug-likeness (QED) is 0.858. The van der Waals surface area contributed by atoms with E-state index in [0.717, 1.165) is 16.8 Å². The van der Waals surface area contributed by atoms with Gasteiger partial charge >= 0.3 is 6.09 Å². The lowest BCUT2D eigenvalue weighted by Crippen LogP contribution is -2.28. The number of hydrogen-bond donors (Lipinski definition) is 2. The monoisotopic (exact) mass is 331 g/mol. The minimum absolute atomic E-state index is 0.0736. The Labute approximate surface area is 140 Å². The molecule has 8 heteroatoms. The van der Waals surface area contributed by atoms with Crippen LogP contribution in [0.2, 0.25) is 0 Å². The third-order valence-corrected chi connectivity index (χ3v) is 3.50. The zero-order valence-corrected chi connectivity index (χ0v) is 14.2. The molecule has 1 aromatic heterocycles. The summed E-state index contributed by atoms with van der Waals surface area (Å²) in [6.07, 6.45) is -0.648. The van der Waals surface area contributed by atoms with Crippen LogP contribution in [0, 0.1) is 13.8 Å². The number of carbonyl (C=O) groups excluding carboxylic acids is 2. The molecule has 24 heavy (non-hydrogen) atoms. The largest absolute Gasteiger partial charge is 0.453 e. The van der Waals surface area contributed by atoms with Gasteiger partial charge in [0, 0.05) is 0 Å². The fraction of sp³-hybridized carbons (Fsp3) is 0.375. The summed E-state index contributed by atoms with van der Waals surface area (Å²) in [5, 5.41) is 7.03. The summed E-state index contributed by atoms with van der Waals surface area (Å²) < 4.78 is 6.24. The van der Waals surface area contributed by atoms with Crippen molar-refractivity contribution in [1.82, 2.24) is 20.1 Å². The molecule has 3 N–H and O–H groups in total. The number of benzene rings is 1. The number of nitrogens with zero attached hydrogens (tertiary/aromatic N) is 3. The van der Waals surface area contributed by atoms with Gasteiger partial charge in [-0.15, -0.1) is 0 Å². The molecule has 0 aliphatic rings. The predicted molar refractivity (Wildman–Crippen MR) is 87.7 cm³/mol. The number of rotatable bonds is 5. The van der Waals surface area contributed by atoms with Crippen molar-refractivity contribution in [2.24, 2.45) is 5.73 Å². The maximum absolute atomic E-state index is 11.5. The molecule has 2 aromatic rings. The molecule has 1 heterocycles. The van der Waals surface area contributed by atoms with Crippen LogP contribution in [-0.4, -0.2) is 33.9 Å². The van der Waals surface area contributed by atoms with E-state index in [9.17, 15) is 9.59 Å². The van der Waals surface area contributed by atoms with E-state index in [4.69, 9.17) is 5.73 Å². The maximum Gasteiger partial charge on any atom is 0.407 e. The van der Waals surface area contributed by atoms with Crippen molar-refractivity contribution >= 4 is 12.0 Å². The lowest BCUT2D eigenvalue weighted by Gasteiger charge is -2.15.